The Bertz CT molecular complexity index is 456. The molecule has 0 saturated carbocycles. The van der Waals surface area contributed by atoms with Crippen molar-refractivity contribution in [2.75, 3.05) is 4.90 Å². The van der Waals surface area contributed by atoms with E-state index in [0.29, 0.717) is 17.1 Å². The average Bonchev–Trinajstić information content (AvgIpc) is 2.70. The molecule has 1 aromatic rings. The van der Waals surface area contributed by atoms with Gasteiger partial charge in [-0.2, -0.15) is 0 Å². The standard InChI is InChI=1S/C15H22N2S/c1-4-12-7-6-11(3)17(12)14-8-5-10(2)9-13(14)15(16)18/h5,8-9,11-12H,4,6-7H2,1-3H3,(H2,16,18). The molecule has 2 nitrogen and oxygen atoms in total. The van der Waals surface area contributed by atoms with Crippen molar-refractivity contribution in [2.45, 2.75) is 52.1 Å². The minimum absolute atomic E-state index is 0.502. The highest BCUT2D eigenvalue weighted by atomic mass is 32.1. The monoisotopic (exact) mass is 262 g/mol. The van der Waals surface area contributed by atoms with Crippen LogP contribution in [0, 0.1) is 6.92 Å². The third kappa shape index (κ3) is 2.37. The summed E-state index contributed by atoms with van der Waals surface area (Å²) in [7, 11) is 0. The van der Waals surface area contributed by atoms with Gasteiger partial charge in [0.15, 0.2) is 0 Å². The molecule has 1 aliphatic rings. The average molecular weight is 262 g/mol. The summed E-state index contributed by atoms with van der Waals surface area (Å²) in [6.07, 6.45) is 3.69. The molecule has 1 aliphatic heterocycles. The third-order valence-electron chi connectivity index (χ3n) is 3.95. The van der Waals surface area contributed by atoms with Crippen molar-refractivity contribution in [2.24, 2.45) is 5.73 Å². The molecule has 18 heavy (non-hydrogen) atoms. The first-order valence-electron chi connectivity index (χ1n) is 6.73. The normalized spacial score (nSPS) is 23.4. The van der Waals surface area contributed by atoms with Gasteiger partial charge in [-0.1, -0.05) is 30.8 Å². The molecule has 98 valence electrons. The van der Waals surface area contributed by atoms with Crippen LogP contribution in [0.1, 0.15) is 44.2 Å². The first-order valence-corrected chi connectivity index (χ1v) is 7.14. The minimum Gasteiger partial charge on any atom is -0.389 e. The molecule has 1 saturated heterocycles. The largest absolute Gasteiger partial charge is 0.389 e. The second-order valence-corrected chi connectivity index (χ2v) is 5.72. The Labute approximate surface area is 115 Å². The van der Waals surface area contributed by atoms with E-state index in [4.69, 9.17) is 18.0 Å². The van der Waals surface area contributed by atoms with Crippen molar-refractivity contribution >= 4 is 22.9 Å². The molecule has 1 fully saturated rings. The molecule has 0 aromatic heterocycles. The van der Waals surface area contributed by atoms with Crippen LogP contribution in [-0.4, -0.2) is 17.1 Å². The zero-order valence-corrected chi connectivity index (χ0v) is 12.3. The van der Waals surface area contributed by atoms with Crippen LogP contribution in [-0.2, 0) is 0 Å². The van der Waals surface area contributed by atoms with Gasteiger partial charge in [-0.25, -0.2) is 0 Å². The first-order chi connectivity index (χ1) is 8.54. The lowest BCUT2D eigenvalue weighted by molar-refractivity contribution is 0.628. The summed E-state index contributed by atoms with van der Waals surface area (Å²) >= 11 is 5.21. The van der Waals surface area contributed by atoms with Gasteiger partial charge in [0.05, 0.1) is 0 Å². The molecule has 0 spiro atoms. The van der Waals surface area contributed by atoms with Crippen LogP contribution in [0.2, 0.25) is 0 Å². The lowest BCUT2D eigenvalue weighted by atomic mass is 10.1. The van der Waals surface area contributed by atoms with E-state index in [9.17, 15) is 0 Å². The van der Waals surface area contributed by atoms with E-state index >= 15 is 0 Å². The zero-order chi connectivity index (χ0) is 13.3. The number of nitrogens with zero attached hydrogens (tertiary/aromatic N) is 1. The molecule has 2 N–H and O–H groups in total. The smallest absolute Gasteiger partial charge is 0.106 e. The summed E-state index contributed by atoms with van der Waals surface area (Å²) in [6.45, 7) is 6.62. The van der Waals surface area contributed by atoms with Gasteiger partial charge >= 0.3 is 0 Å². The van der Waals surface area contributed by atoms with Crippen LogP contribution in [0.3, 0.4) is 0 Å². The third-order valence-corrected chi connectivity index (χ3v) is 4.17. The highest BCUT2D eigenvalue weighted by molar-refractivity contribution is 7.80. The fourth-order valence-electron chi connectivity index (χ4n) is 2.98. The van der Waals surface area contributed by atoms with Crippen molar-refractivity contribution in [1.82, 2.24) is 0 Å². The van der Waals surface area contributed by atoms with Gasteiger partial charge in [-0.05, 0) is 45.2 Å². The topological polar surface area (TPSA) is 29.3 Å². The number of rotatable bonds is 3. The number of hydrogen-bond acceptors (Lipinski definition) is 2. The molecular weight excluding hydrogens is 240 g/mol. The Morgan fingerprint density at radius 2 is 2.17 bits per heavy atom. The molecule has 0 amide bonds. The Hall–Kier alpha value is -1.09. The van der Waals surface area contributed by atoms with Gasteiger partial charge in [0.25, 0.3) is 0 Å². The van der Waals surface area contributed by atoms with Crippen molar-refractivity contribution in [3.8, 4) is 0 Å². The van der Waals surface area contributed by atoms with E-state index in [1.807, 2.05) is 0 Å². The van der Waals surface area contributed by atoms with E-state index in [1.54, 1.807) is 0 Å². The van der Waals surface area contributed by atoms with E-state index in [1.165, 1.54) is 30.5 Å². The summed E-state index contributed by atoms with van der Waals surface area (Å²) in [6, 6.07) is 7.63. The summed E-state index contributed by atoms with van der Waals surface area (Å²) in [5.74, 6) is 0. The SMILES string of the molecule is CCC1CCC(C)N1c1ccc(C)cc1C(N)=S. The molecule has 0 radical (unpaired) electrons. The molecule has 2 unspecified atom stereocenters. The van der Waals surface area contributed by atoms with Gasteiger partial charge in [0.2, 0.25) is 0 Å². The maximum atomic E-state index is 5.89. The van der Waals surface area contributed by atoms with Crippen LogP contribution in [0.4, 0.5) is 5.69 Å². The zero-order valence-electron chi connectivity index (χ0n) is 11.4. The molecule has 0 bridgehead atoms. The summed E-state index contributed by atoms with van der Waals surface area (Å²) in [5, 5.41) is 0. The number of aryl methyl sites for hydroxylation is 1. The molecule has 0 aliphatic carbocycles. The summed E-state index contributed by atoms with van der Waals surface area (Å²) < 4.78 is 0. The van der Waals surface area contributed by atoms with Gasteiger partial charge < -0.3 is 10.6 Å². The number of benzene rings is 1. The van der Waals surface area contributed by atoms with E-state index < -0.39 is 0 Å². The van der Waals surface area contributed by atoms with E-state index in [-0.39, 0.29) is 0 Å². The van der Waals surface area contributed by atoms with Gasteiger partial charge in [0.1, 0.15) is 4.99 Å². The Balaban J connectivity index is 2.46. The van der Waals surface area contributed by atoms with E-state index in [2.05, 4.69) is 43.9 Å². The predicted molar refractivity (Wildman–Crippen MR) is 82.3 cm³/mol. The number of thiocarbonyl (C=S) groups is 1. The second kappa shape index (κ2) is 5.27. The van der Waals surface area contributed by atoms with Crippen molar-refractivity contribution < 1.29 is 0 Å². The van der Waals surface area contributed by atoms with Gasteiger partial charge in [-0.3, -0.25) is 0 Å². The second-order valence-electron chi connectivity index (χ2n) is 5.28. The summed E-state index contributed by atoms with van der Waals surface area (Å²) in [5.41, 5.74) is 9.34. The van der Waals surface area contributed by atoms with Crippen LogP contribution in [0.5, 0.6) is 0 Å². The molecule has 2 rings (SSSR count). The van der Waals surface area contributed by atoms with Crippen LogP contribution < -0.4 is 10.6 Å². The quantitative estimate of drug-likeness (QED) is 0.847. The highest BCUT2D eigenvalue weighted by Crippen LogP contribution is 2.34. The highest BCUT2D eigenvalue weighted by Gasteiger charge is 2.30. The van der Waals surface area contributed by atoms with Gasteiger partial charge in [-0.15, -0.1) is 0 Å². The Kier molecular flexibility index (Phi) is 3.91. The molecule has 1 heterocycles. The minimum atomic E-state index is 0.502. The first kappa shape index (κ1) is 13.3. The number of hydrogen-bond donors (Lipinski definition) is 1. The lowest BCUT2D eigenvalue weighted by Gasteiger charge is -2.32. The fourth-order valence-corrected chi connectivity index (χ4v) is 3.14. The van der Waals surface area contributed by atoms with Crippen LogP contribution in [0.15, 0.2) is 18.2 Å². The predicted octanol–water partition coefficient (Wildman–Crippen LogP) is 3.40. The van der Waals surface area contributed by atoms with Gasteiger partial charge in [0, 0.05) is 23.3 Å². The van der Waals surface area contributed by atoms with Crippen molar-refractivity contribution in [1.29, 1.82) is 0 Å². The maximum absolute atomic E-state index is 5.89. The lowest BCUT2D eigenvalue weighted by Crippen LogP contribution is -2.35. The van der Waals surface area contributed by atoms with Crippen LogP contribution >= 0.6 is 12.2 Å². The Morgan fingerprint density at radius 3 is 2.78 bits per heavy atom. The Morgan fingerprint density at radius 1 is 1.44 bits per heavy atom. The van der Waals surface area contributed by atoms with E-state index in [0.717, 1.165) is 5.56 Å². The molecule has 2 atom stereocenters. The number of anilines is 1. The maximum Gasteiger partial charge on any atom is 0.106 e. The summed E-state index contributed by atoms with van der Waals surface area (Å²) in [4.78, 5) is 3.01. The molecular formula is C15H22N2S. The number of nitrogens with two attached hydrogens (primary N) is 1. The molecule has 1 aromatic carbocycles. The van der Waals surface area contributed by atoms with Crippen molar-refractivity contribution in [3.05, 3.63) is 29.3 Å². The molecule has 3 heteroatoms. The van der Waals surface area contributed by atoms with Crippen molar-refractivity contribution in [3.63, 3.8) is 0 Å². The van der Waals surface area contributed by atoms with Crippen LogP contribution in [0.25, 0.3) is 0 Å². The fraction of sp³-hybridized carbons (Fsp3) is 0.533.